The molecule has 3 rings (SSSR count). The van der Waals surface area contributed by atoms with Crippen molar-refractivity contribution in [2.45, 2.75) is 38.6 Å². The van der Waals surface area contributed by atoms with Gasteiger partial charge in [0.15, 0.2) is 5.69 Å². The van der Waals surface area contributed by atoms with E-state index in [1.54, 1.807) is 6.07 Å². The number of hydrogen-bond donors (Lipinski definition) is 0. The number of rotatable bonds is 4. The van der Waals surface area contributed by atoms with Crippen LogP contribution in [-0.2, 0) is 6.42 Å². The summed E-state index contributed by atoms with van der Waals surface area (Å²) in [5.41, 5.74) is 0.464. The van der Waals surface area contributed by atoms with Gasteiger partial charge in [-0.25, -0.2) is 0 Å². The van der Waals surface area contributed by atoms with E-state index in [1.807, 2.05) is 4.90 Å². The number of piperazine rings is 1. The van der Waals surface area contributed by atoms with Crippen LogP contribution in [0.25, 0.3) is 0 Å². The molecule has 0 aliphatic carbocycles. The molecule has 2 aliphatic rings. The maximum Gasteiger partial charge on any atom is 0.276 e. The Morgan fingerprint density at radius 3 is 2.73 bits per heavy atom. The number of thioether (sulfide) groups is 1. The maximum atomic E-state index is 12.5. The molecule has 1 aromatic rings. The Bertz CT molecular complexity index is 491. The van der Waals surface area contributed by atoms with E-state index >= 15 is 0 Å². The normalized spacial score (nSPS) is 21.2. The lowest BCUT2D eigenvalue weighted by Gasteiger charge is -2.40. The van der Waals surface area contributed by atoms with Gasteiger partial charge in [-0.2, -0.15) is 11.8 Å². The Balaban J connectivity index is 1.52. The minimum Gasteiger partial charge on any atom is -0.361 e. The van der Waals surface area contributed by atoms with Gasteiger partial charge in [0.05, 0.1) is 0 Å². The first-order chi connectivity index (χ1) is 10.8. The van der Waals surface area contributed by atoms with Gasteiger partial charge in [0.2, 0.25) is 0 Å². The molecule has 0 saturated carbocycles. The lowest BCUT2D eigenvalue weighted by molar-refractivity contribution is 0.0550. The highest BCUT2D eigenvalue weighted by Gasteiger charge is 2.28. The van der Waals surface area contributed by atoms with Crippen molar-refractivity contribution in [1.82, 2.24) is 15.0 Å². The Kier molecular flexibility index (Phi) is 5.41. The summed E-state index contributed by atoms with van der Waals surface area (Å²) < 4.78 is 5.22. The molecule has 5 nitrogen and oxygen atoms in total. The van der Waals surface area contributed by atoms with E-state index in [2.05, 4.69) is 28.7 Å². The molecule has 3 heterocycles. The second-order valence-corrected chi connectivity index (χ2v) is 7.32. The van der Waals surface area contributed by atoms with Gasteiger partial charge in [-0.15, -0.1) is 0 Å². The van der Waals surface area contributed by atoms with E-state index in [0.717, 1.165) is 50.8 Å². The maximum absolute atomic E-state index is 12.5. The Morgan fingerprint density at radius 1 is 1.32 bits per heavy atom. The van der Waals surface area contributed by atoms with Gasteiger partial charge in [0.1, 0.15) is 5.76 Å². The molecule has 0 N–H and O–H groups in total. The zero-order valence-electron chi connectivity index (χ0n) is 13.3. The van der Waals surface area contributed by atoms with E-state index in [4.69, 9.17) is 4.52 Å². The van der Waals surface area contributed by atoms with Crippen LogP contribution < -0.4 is 0 Å². The number of aromatic nitrogens is 1. The van der Waals surface area contributed by atoms with Crippen molar-refractivity contribution < 1.29 is 9.32 Å². The zero-order chi connectivity index (χ0) is 15.4. The summed E-state index contributed by atoms with van der Waals surface area (Å²) in [6.07, 6.45) is 4.43. The molecule has 0 unspecified atom stereocenters. The summed E-state index contributed by atoms with van der Waals surface area (Å²) in [7, 11) is 0. The first-order valence-corrected chi connectivity index (χ1v) is 9.50. The third-order valence-electron chi connectivity index (χ3n) is 4.58. The number of carbonyl (C=O) groups excluding carboxylic acids is 1. The fraction of sp³-hybridized carbons (Fsp3) is 0.750. The van der Waals surface area contributed by atoms with E-state index in [-0.39, 0.29) is 5.91 Å². The summed E-state index contributed by atoms with van der Waals surface area (Å²) in [4.78, 5) is 17.0. The molecule has 0 atom stereocenters. The average Bonchev–Trinajstić information content (AvgIpc) is 3.04. The van der Waals surface area contributed by atoms with Gasteiger partial charge in [0, 0.05) is 44.7 Å². The van der Waals surface area contributed by atoms with Crippen molar-refractivity contribution in [2.75, 3.05) is 37.7 Å². The van der Waals surface area contributed by atoms with Gasteiger partial charge in [-0.1, -0.05) is 12.1 Å². The van der Waals surface area contributed by atoms with Crippen molar-refractivity contribution in [3.05, 3.63) is 17.5 Å². The van der Waals surface area contributed by atoms with E-state index < -0.39 is 0 Å². The second-order valence-electron chi connectivity index (χ2n) is 6.10. The van der Waals surface area contributed by atoms with Crippen molar-refractivity contribution >= 4 is 17.7 Å². The van der Waals surface area contributed by atoms with Crippen LogP contribution in [-0.4, -0.2) is 64.6 Å². The van der Waals surface area contributed by atoms with Crippen LogP contribution in [0.15, 0.2) is 10.6 Å². The molecule has 6 heteroatoms. The topological polar surface area (TPSA) is 49.6 Å². The number of amides is 1. The van der Waals surface area contributed by atoms with Gasteiger partial charge in [-0.3, -0.25) is 9.69 Å². The van der Waals surface area contributed by atoms with Crippen molar-refractivity contribution in [3.63, 3.8) is 0 Å². The summed E-state index contributed by atoms with van der Waals surface area (Å²) in [5, 5.41) is 3.94. The van der Waals surface area contributed by atoms with E-state index in [1.165, 1.54) is 24.3 Å². The molecule has 22 heavy (non-hydrogen) atoms. The van der Waals surface area contributed by atoms with Crippen LogP contribution in [0.5, 0.6) is 0 Å². The Morgan fingerprint density at radius 2 is 2.05 bits per heavy atom. The van der Waals surface area contributed by atoms with Crippen molar-refractivity contribution in [3.8, 4) is 0 Å². The number of carbonyl (C=O) groups is 1. The minimum absolute atomic E-state index is 0.0185. The molecular formula is C16H25N3O2S. The summed E-state index contributed by atoms with van der Waals surface area (Å²) in [6.45, 7) is 5.67. The highest BCUT2D eigenvalue weighted by molar-refractivity contribution is 7.99. The third kappa shape index (κ3) is 3.66. The number of nitrogens with zero attached hydrogens (tertiary/aromatic N) is 3. The molecule has 1 amide bonds. The molecule has 0 radical (unpaired) electrons. The van der Waals surface area contributed by atoms with Crippen molar-refractivity contribution in [1.29, 1.82) is 0 Å². The van der Waals surface area contributed by atoms with Gasteiger partial charge in [0.25, 0.3) is 5.91 Å². The molecule has 0 bridgehead atoms. The summed E-state index contributed by atoms with van der Waals surface area (Å²) >= 11 is 2.06. The second kappa shape index (κ2) is 7.51. The van der Waals surface area contributed by atoms with Crippen LogP contribution in [0.4, 0.5) is 0 Å². The SMILES string of the molecule is CCCc1cc(C(=O)N2CCN(C3CCSCC3)CC2)no1. The van der Waals surface area contributed by atoms with Crippen LogP contribution in [0.3, 0.4) is 0 Å². The smallest absolute Gasteiger partial charge is 0.276 e. The van der Waals surface area contributed by atoms with Crippen molar-refractivity contribution in [2.24, 2.45) is 0 Å². The molecule has 0 spiro atoms. The van der Waals surface area contributed by atoms with E-state index in [0.29, 0.717) is 5.69 Å². The van der Waals surface area contributed by atoms with Gasteiger partial charge in [-0.05, 0) is 30.8 Å². The molecular weight excluding hydrogens is 298 g/mol. The van der Waals surface area contributed by atoms with Crippen LogP contribution in [0, 0.1) is 0 Å². The Hall–Kier alpha value is -1.01. The van der Waals surface area contributed by atoms with Crippen LogP contribution in [0.2, 0.25) is 0 Å². The highest BCUT2D eigenvalue weighted by Crippen LogP contribution is 2.23. The number of aryl methyl sites for hydroxylation is 1. The molecule has 2 saturated heterocycles. The minimum atomic E-state index is 0.0185. The average molecular weight is 323 g/mol. The zero-order valence-corrected chi connectivity index (χ0v) is 14.1. The highest BCUT2D eigenvalue weighted by atomic mass is 32.2. The van der Waals surface area contributed by atoms with Crippen LogP contribution in [0.1, 0.15) is 42.4 Å². The van der Waals surface area contributed by atoms with E-state index in [9.17, 15) is 4.79 Å². The predicted octanol–water partition coefficient (Wildman–Crippen LogP) is 2.28. The molecule has 2 aliphatic heterocycles. The predicted molar refractivity (Wildman–Crippen MR) is 88.3 cm³/mol. The Labute approximate surface area is 136 Å². The first-order valence-electron chi connectivity index (χ1n) is 8.34. The summed E-state index contributed by atoms with van der Waals surface area (Å²) in [6, 6.07) is 2.53. The third-order valence-corrected chi connectivity index (χ3v) is 5.63. The molecule has 1 aromatic heterocycles. The molecule has 2 fully saturated rings. The van der Waals surface area contributed by atoms with Gasteiger partial charge < -0.3 is 9.42 Å². The van der Waals surface area contributed by atoms with Gasteiger partial charge >= 0.3 is 0 Å². The lowest BCUT2D eigenvalue weighted by Crippen LogP contribution is -2.52. The molecule has 122 valence electrons. The largest absolute Gasteiger partial charge is 0.361 e. The lowest BCUT2D eigenvalue weighted by atomic mass is 10.1. The monoisotopic (exact) mass is 323 g/mol. The fourth-order valence-corrected chi connectivity index (χ4v) is 4.36. The number of hydrogen-bond acceptors (Lipinski definition) is 5. The first kappa shape index (κ1) is 15.9. The standard InChI is InChI=1S/C16H25N3O2S/c1-2-3-14-12-15(17-21-14)16(20)19-8-6-18(7-9-19)13-4-10-22-11-5-13/h12-13H,2-11H2,1H3. The molecule has 0 aromatic carbocycles. The fourth-order valence-electron chi connectivity index (χ4n) is 3.28. The van der Waals surface area contributed by atoms with Crippen LogP contribution >= 0.6 is 11.8 Å². The summed E-state index contributed by atoms with van der Waals surface area (Å²) in [5.74, 6) is 3.39. The quantitative estimate of drug-likeness (QED) is 0.851.